The van der Waals surface area contributed by atoms with Gasteiger partial charge in [-0.3, -0.25) is 4.79 Å². The molecule has 74 valence electrons. The normalized spacial score (nSPS) is 10.7. The summed E-state index contributed by atoms with van der Waals surface area (Å²) >= 11 is 0. The number of carbonyl (C=O) groups is 1. The average molecular weight is 261 g/mol. The Morgan fingerprint density at radius 1 is 1.33 bits per heavy atom. The van der Waals surface area contributed by atoms with Gasteiger partial charge in [0.05, 0.1) is 0 Å². The molecule has 0 aliphatic heterocycles. The molecule has 1 rings (SSSR count). The van der Waals surface area contributed by atoms with Crippen molar-refractivity contribution < 1.29 is 121 Å². The van der Waals surface area contributed by atoms with Crippen LogP contribution in [0.4, 0.5) is 0 Å². The number of carboxylic acids is 1. The van der Waals surface area contributed by atoms with Gasteiger partial charge in [-0.05, 0) is 24.1 Å². The molecule has 1 unspecified atom stereocenters. The van der Waals surface area contributed by atoms with Gasteiger partial charge in [-0.25, -0.2) is 0 Å². The fourth-order valence-electron chi connectivity index (χ4n) is 0.973. The van der Waals surface area contributed by atoms with Crippen molar-refractivity contribution >= 4 is 5.97 Å². The Hall–Kier alpha value is 1.72. The molecule has 1 aromatic carbocycles. The number of hydrogen-bond donors (Lipinski definition) is 3. The first-order valence-electron chi connectivity index (χ1n) is 3.86. The molecule has 0 aliphatic carbocycles. The molecule has 0 aliphatic rings. The van der Waals surface area contributed by atoms with Gasteiger partial charge in [0.2, 0.25) is 0 Å². The maximum absolute atomic E-state index is 10.4. The molecule has 1 aromatic rings. The SMILES string of the molecule is NC(Cc1ccc(O)cc1)C(=O)O.[H-].[H-].[K+].[K+]. The zero-order chi connectivity index (χ0) is 9.84. The van der Waals surface area contributed by atoms with Crippen LogP contribution in [0, 0.1) is 0 Å². The molecule has 0 saturated carbocycles. The van der Waals surface area contributed by atoms with Crippen molar-refractivity contribution in [2.24, 2.45) is 5.73 Å². The third-order valence-electron chi connectivity index (χ3n) is 1.71. The zero-order valence-electron chi connectivity index (χ0n) is 11.0. The summed E-state index contributed by atoms with van der Waals surface area (Å²) in [7, 11) is 0. The van der Waals surface area contributed by atoms with Crippen LogP contribution in [-0.2, 0) is 11.2 Å². The molecule has 0 heterocycles. The van der Waals surface area contributed by atoms with Crippen LogP contribution in [0.25, 0.3) is 0 Å². The van der Waals surface area contributed by atoms with Crippen molar-refractivity contribution in [2.75, 3.05) is 0 Å². The van der Waals surface area contributed by atoms with E-state index < -0.39 is 12.0 Å². The first kappa shape index (κ1) is 19.1. The van der Waals surface area contributed by atoms with Crippen LogP contribution < -0.4 is 109 Å². The fourth-order valence-corrected chi connectivity index (χ4v) is 0.973. The summed E-state index contributed by atoms with van der Waals surface area (Å²) in [4.78, 5) is 10.4. The van der Waals surface area contributed by atoms with Crippen LogP contribution in [0.2, 0.25) is 0 Å². The quantitative estimate of drug-likeness (QED) is 0.474. The van der Waals surface area contributed by atoms with E-state index >= 15 is 0 Å². The van der Waals surface area contributed by atoms with Gasteiger partial charge in [0.25, 0.3) is 0 Å². The summed E-state index contributed by atoms with van der Waals surface area (Å²) < 4.78 is 0. The Labute approximate surface area is 176 Å². The van der Waals surface area contributed by atoms with Gasteiger partial charge < -0.3 is 18.8 Å². The van der Waals surface area contributed by atoms with Crippen LogP contribution in [0.15, 0.2) is 24.3 Å². The molecule has 0 amide bonds. The van der Waals surface area contributed by atoms with Crippen LogP contribution in [0.5, 0.6) is 5.75 Å². The molecule has 6 heteroatoms. The molecular weight excluding hydrogens is 248 g/mol. The first-order valence-corrected chi connectivity index (χ1v) is 3.86. The summed E-state index contributed by atoms with van der Waals surface area (Å²) in [6.45, 7) is 0. The molecule has 1 atom stereocenters. The van der Waals surface area contributed by atoms with E-state index in [0.29, 0.717) is 0 Å². The Balaban J connectivity index is -0.000000211. The molecule has 0 aromatic heterocycles. The van der Waals surface area contributed by atoms with Gasteiger partial charge in [-0.1, -0.05) is 12.1 Å². The van der Waals surface area contributed by atoms with Crippen molar-refractivity contribution in [2.45, 2.75) is 12.5 Å². The van der Waals surface area contributed by atoms with Crippen molar-refractivity contribution in [3.8, 4) is 5.75 Å². The third-order valence-corrected chi connectivity index (χ3v) is 1.71. The number of carboxylic acid groups (broad SMARTS) is 1. The Bertz CT molecular complexity index is 312. The second-order valence-electron chi connectivity index (χ2n) is 2.82. The molecule has 4 nitrogen and oxygen atoms in total. The predicted octanol–water partition coefficient (Wildman–Crippen LogP) is -5.42. The minimum absolute atomic E-state index is 0. The molecule has 0 bridgehead atoms. The average Bonchev–Trinajstić information content (AvgIpc) is 2.08. The molecule has 0 saturated heterocycles. The third kappa shape index (κ3) is 7.61. The molecule has 0 radical (unpaired) electrons. The van der Waals surface area contributed by atoms with Gasteiger partial charge in [0.15, 0.2) is 0 Å². The molecule has 0 spiro atoms. The first-order chi connectivity index (χ1) is 6.09. The van der Waals surface area contributed by atoms with Gasteiger partial charge in [-0.2, -0.15) is 0 Å². The molecule has 15 heavy (non-hydrogen) atoms. The summed E-state index contributed by atoms with van der Waals surface area (Å²) in [6.07, 6.45) is 0.273. The van der Waals surface area contributed by atoms with E-state index in [4.69, 9.17) is 15.9 Å². The van der Waals surface area contributed by atoms with Crippen LogP contribution >= 0.6 is 0 Å². The standard InChI is InChI=1S/C9H11NO3.2K.2H/c10-8(9(12)13)5-6-1-3-7(11)4-2-6;;;;/h1-4,8,11H,5,10H2,(H,12,13);;;;/q;2*+1;2*-1. The van der Waals surface area contributed by atoms with Gasteiger partial charge in [0, 0.05) is 0 Å². The molecule has 4 N–H and O–H groups in total. The second-order valence-corrected chi connectivity index (χ2v) is 2.82. The summed E-state index contributed by atoms with van der Waals surface area (Å²) in [6, 6.07) is 5.42. The van der Waals surface area contributed by atoms with E-state index in [1.165, 1.54) is 12.1 Å². The van der Waals surface area contributed by atoms with Gasteiger partial charge in [-0.15, -0.1) is 0 Å². The molecule has 0 fully saturated rings. The smallest absolute Gasteiger partial charge is 1.00 e. The van der Waals surface area contributed by atoms with Crippen molar-refractivity contribution in [3.63, 3.8) is 0 Å². The summed E-state index contributed by atoms with van der Waals surface area (Å²) in [5, 5.41) is 17.5. The van der Waals surface area contributed by atoms with Crippen LogP contribution in [0.3, 0.4) is 0 Å². The van der Waals surface area contributed by atoms with E-state index in [-0.39, 0.29) is 118 Å². The minimum atomic E-state index is -1.02. The van der Waals surface area contributed by atoms with Crippen molar-refractivity contribution in [1.82, 2.24) is 0 Å². The number of rotatable bonds is 3. The summed E-state index contributed by atoms with van der Waals surface area (Å²) in [5.74, 6) is -0.860. The maximum Gasteiger partial charge on any atom is 1.00 e. The number of hydrogen-bond acceptors (Lipinski definition) is 3. The van der Waals surface area contributed by atoms with Gasteiger partial charge in [0.1, 0.15) is 11.8 Å². The molecular formula is C9H13K2NO3. The number of aromatic hydroxyl groups is 1. The van der Waals surface area contributed by atoms with E-state index in [9.17, 15) is 4.79 Å². The number of phenols is 1. The largest absolute Gasteiger partial charge is 1.00 e. The van der Waals surface area contributed by atoms with E-state index in [1.807, 2.05) is 0 Å². The van der Waals surface area contributed by atoms with E-state index in [2.05, 4.69) is 0 Å². The van der Waals surface area contributed by atoms with Crippen LogP contribution in [0.1, 0.15) is 8.42 Å². The number of nitrogens with two attached hydrogens (primary N) is 1. The predicted molar refractivity (Wildman–Crippen MR) is 49.6 cm³/mol. The number of aliphatic carboxylic acids is 1. The van der Waals surface area contributed by atoms with E-state index in [0.717, 1.165) is 5.56 Å². The Morgan fingerprint density at radius 3 is 2.20 bits per heavy atom. The zero-order valence-corrected chi connectivity index (χ0v) is 15.2. The van der Waals surface area contributed by atoms with Crippen molar-refractivity contribution in [1.29, 1.82) is 0 Å². The monoisotopic (exact) mass is 261 g/mol. The fraction of sp³-hybridized carbons (Fsp3) is 0.222. The second kappa shape index (κ2) is 9.72. The van der Waals surface area contributed by atoms with E-state index in [1.54, 1.807) is 12.1 Å². The van der Waals surface area contributed by atoms with Crippen LogP contribution in [-0.4, -0.2) is 22.2 Å². The maximum atomic E-state index is 10.4. The Kier molecular flexibility index (Phi) is 12.4. The van der Waals surface area contributed by atoms with Gasteiger partial charge >= 0.3 is 109 Å². The minimum Gasteiger partial charge on any atom is -1.00 e. The summed E-state index contributed by atoms with van der Waals surface area (Å²) in [5.41, 5.74) is 6.12. The number of phenolic OH excluding ortho intramolecular Hbond substituents is 1. The topological polar surface area (TPSA) is 83.5 Å². The van der Waals surface area contributed by atoms with Crippen molar-refractivity contribution in [3.05, 3.63) is 29.8 Å². The Morgan fingerprint density at radius 2 is 1.80 bits per heavy atom. The number of benzene rings is 1.